The summed E-state index contributed by atoms with van der Waals surface area (Å²) in [5.74, 6) is 0.340. The molecule has 0 bridgehead atoms. The second-order valence-electron chi connectivity index (χ2n) is 5.29. The van der Waals surface area contributed by atoms with Crippen molar-refractivity contribution in [2.24, 2.45) is 0 Å². The predicted molar refractivity (Wildman–Crippen MR) is 84.1 cm³/mol. The Kier molecular flexibility index (Phi) is 3.88. The SMILES string of the molecule is CC(Cn1cccn1)NCc1c(O)ccc2ccccc12. The van der Waals surface area contributed by atoms with Crippen molar-refractivity contribution in [3.63, 3.8) is 0 Å². The van der Waals surface area contributed by atoms with Crippen LogP contribution in [0.5, 0.6) is 5.75 Å². The summed E-state index contributed by atoms with van der Waals surface area (Å²) >= 11 is 0. The minimum atomic E-state index is 0.267. The molecule has 0 spiro atoms. The topological polar surface area (TPSA) is 50.1 Å². The van der Waals surface area contributed by atoms with E-state index in [9.17, 15) is 5.11 Å². The third-order valence-electron chi connectivity index (χ3n) is 3.66. The van der Waals surface area contributed by atoms with Crippen LogP contribution < -0.4 is 5.32 Å². The molecule has 2 N–H and O–H groups in total. The van der Waals surface area contributed by atoms with Gasteiger partial charge in [-0.25, -0.2) is 0 Å². The third-order valence-corrected chi connectivity index (χ3v) is 3.66. The van der Waals surface area contributed by atoms with E-state index in [2.05, 4.69) is 23.4 Å². The summed E-state index contributed by atoms with van der Waals surface area (Å²) < 4.78 is 1.90. The molecule has 0 saturated heterocycles. The predicted octanol–water partition coefficient (Wildman–Crippen LogP) is 2.92. The number of phenols is 1. The second kappa shape index (κ2) is 5.97. The van der Waals surface area contributed by atoms with Crippen molar-refractivity contribution < 1.29 is 5.11 Å². The fourth-order valence-electron chi connectivity index (χ4n) is 2.54. The molecule has 4 nitrogen and oxygen atoms in total. The molecule has 108 valence electrons. The third kappa shape index (κ3) is 3.06. The molecule has 4 heteroatoms. The molecule has 0 radical (unpaired) electrons. The standard InChI is InChI=1S/C17H19N3O/c1-13(12-20-10-4-9-19-20)18-11-16-15-6-3-2-5-14(15)7-8-17(16)21/h2-10,13,18,21H,11-12H2,1H3. The van der Waals surface area contributed by atoms with Crippen LogP contribution in [0.25, 0.3) is 10.8 Å². The molecule has 0 amide bonds. The Balaban J connectivity index is 1.74. The fraction of sp³-hybridized carbons (Fsp3) is 0.235. The normalized spacial score (nSPS) is 12.6. The number of hydrogen-bond donors (Lipinski definition) is 2. The summed E-state index contributed by atoms with van der Waals surface area (Å²) in [7, 11) is 0. The van der Waals surface area contributed by atoms with Gasteiger partial charge in [0.05, 0.1) is 6.54 Å². The first-order valence-electron chi connectivity index (χ1n) is 7.14. The summed E-state index contributed by atoms with van der Waals surface area (Å²) in [5, 5.41) is 20.0. The lowest BCUT2D eigenvalue weighted by Crippen LogP contribution is -2.30. The van der Waals surface area contributed by atoms with E-state index >= 15 is 0 Å². The number of nitrogens with one attached hydrogen (secondary N) is 1. The quantitative estimate of drug-likeness (QED) is 0.756. The molecular weight excluding hydrogens is 262 g/mol. The Morgan fingerprint density at radius 1 is 1.19 bits per heavy atom. The van der Waals surface area contributed by atoms with Gasteiger partial charge in [-0.3, -0.25) is 4.68 Å². The van der Waals surface area contributed by atoms with Gasteiger partial charge in [-0.2, -0.15) is 5.10 Å². The van der Waals surface area contributed by atoms with E-state index in [0.29, 0.717) is 12.3 Å². The summed E-state index contributed by atoms with van der Waals surface area (Å²) in [6.07, 6.45) is 3.73. The van der Waals surface area contributed by atoms with E-state index < -0.39 is 0 Å². The van der Waals surface area contributed by atoms with Crippen molar-refractivity contribution in [2.75, 3.05) is 0 Å². The van der Waals surface area contributed by atoms with Crippen molar-refractivity contribution in [3.8, 4) is 5.75 Å². The molecule has 0 aliphatic carbocycles. The molecule has 0 fully saturated rings. The zero-order valence-electron chi connectivity index (χ0n) is 12.0. The minimum Gasteiger partial charge on any atom is -0.508 e. The van der Waals surface area contributed by atoms with Crippen LogP contribution >= 0.6 is 0 Å². The molecule has 0 aliphatic heterocycles. The number of phenolic OH excluding ortho intramolecular Hbond substituents is 1. The molecule has 0 aliphatic rings. The van der Waals surface area contributed by atoms with Gasteiger partial charge >= 0.3 is 0 Å². The van der Waals surface area contributed by atoms with Crippen LogP contribution in [0.2, 0.25) is 0 Å². The average molecular weight is 281 g/mol. The first-order chi connectivity index (χ1) is 10.2. The monoisotopic (exact) mass is 281 g/mol. The second-order valence-corrected chi connectivity index (χ2v) is 5.29. The van der Waals surface area contributed by atoms with Gasteiger partial charge in [0.25, 0.3) is 0 Å². The maximum absolute atomic E-state index is 10.1. The molecule has 1 aromatic heterocycles. The highest BCUT2D eigenvalue weighted by Gasteiger charge is 2.09. The number of rotatable bonds is 5. The zero-order valence-corrected chi connectivity index (χ0v) is 12.0. The van der Waals surface area contributed by atoms with Crippen LogP contribution in [-0.4, -0.2) is 20.9 Å². The van der Waals surface area contributed by atoms with Gasteiger partial charge in [0, 0.05) is 30.5 Å². The van der Waals surface area contributed by atoms with Crippen LogP contribution in [0.15, 0.2) is 54.9 Å². The lowest BCUT2D eigenvalue weighted by molar-refractivity contribution is 0.436. The lowest BCUT2D eigenvalue weighted by atomic mass is 10.0. The van der Waals surface area contributed by atoms with Crippen LogP contribution in [0, 0.1) is 0 Å². The number of nitrogens with zero attached hydrogens (tertiary/aromatic N) is 2. The molecule has 3 aromatic rings. The maximum Gasteiger partial charge on any atom is 0.120 e. The van der Waals surface area contributed by atoms with Crippen molar-refractivity contribution in [1.29, 1.82) is 0 Å². The fourth-order valence-corrected chi connectivity index (χ4v) is 2.54. The van der Waals surface area contributed by atoms with Crippen molar-refractivity contribution in [2.45, 2.75) is 26.1 Å². The zero-order chi connectivity index (χ0) is 14.7. The Morgan fingerprint density at radius 3 is 2.86 bits per heavy atom. The Bertz CT molecular complexity index is 722. The van der Waals surface area contributed by atoms with E-state index in [1.54, 1.807) is 12.3 Å². The summed E-state index contributed by atoms with van der Waals surface area (Å²) in [6, 6.07) is 14.0. The van der Waals surface area contributed by atoms with Gasteiger partial charge in [0.1, 0.15) is 5.75 Å². The first kappa shape index (κ1) is 13.6. The van der Waals surface area contributed by atoms with Gasteiger partial charge in [-0.05, 0) is 29.8 Å². The molecule has 2 aromatic carbocycles. The minimum absolute atomic E-state index is 0.267. The van der Waals surface area contributed by atoms with E-state index in [4.69, 9.17) is 0 Å². The Morgan fingerprint density at radius 2 is 2.05 bits per heavy atom. The first-order valence-corrected chi connectivity index (χ1v) is 7.14. The summed E-state index contributed by atoms with van der Waals surface area (Å²) in [5.41, 5.74) is 0.945. The molecule has 3 rings (SSSR count). The van der Waals surface area contributed by atoms with Crippen molar-refractivity contribution in [3.05, 3.63) is 60.4 Å². The highest BCUT2D eigenvalue weighted by atomic mass is 16.3. The van der Waals surface area contributed by atoms with Crippen LogP contribution in [0.4, 0.5) is 0 Å². The highest BCUT2D eigenvalue weighted by molar-refractivity contribution is 5.87. The largest absolute Gasteiger partial charge is 0.508 e. The van der Waals surface area contributed by atoms with Crippen LogP contribution in [-0.2, 0) is 13.1 Å². The molecular formula is C17H19N3O. The molecule has 1 atom stereocenters. The molecule has 0 saturated carbocycles. The van der Waals surface area contributed by atoms with Gasteiger partial charge in [0.15, 0.2) is 0 Å². The Hall–Kier alpha value is -2.33. The molecule has 1 unspecified atom stereocenters. The molecule has 1 heterocycles. The average Bonchev–Trinajstić information content (AvgIpc) is 2.99. The number of fused-ring (bicyclic) bond motifs is 1. The lowest BCUT2D eigenvalue weighted by Gasteiger charge is -2.16. The van der Waals surface area contributed by atoms with Crippen molar-refractivity contribution >= 4 is 10.8 Å². The van der Waals surface area contributed by atoms with E-state index in [-0.39, 0.29) is 6.04 Å². The van der Waals surface area contributed by atoms with Gasteiger partial charge in [-0.1, -0.05) is 30.3 Å². The Labute approximate surface area is 124 Å². The van der Waals surface area contributed by atoms with E-state index in [1.165, 1.54) is 0 Å². The van der Waals surface area contributed by atoms with Crippen LogP contribution in [0.3, 0.4) is 0 Å². The summed E-state index contributed by atoms with van der Waals surface area (Å²) in [4.78, 5) is 0. The van der Waals surface area contributed by atoms with Gasteiger partial charge < -0.3 is 10.4 Å². The van der Waals surface area contributed by atoms with E-state index in [1.807, 2.05) is 41.2 Å². The number of hydrogen-bond acceptors (Lipinski definition) is 3. The summed E-state index contributed by atoms with van der Waals surface area (Å²) in [6.45, 7) is 3.55. The number of aromatic nitrogens is 2. The van der Waals surface area contributed by atoms with Crippen LogP contribution in [0.1, 0.15) is 12.5 Å². The maximum atomic E-state index is 10.1. The number of aromatic hydroxyl groups is 1. The molecule has 21 heavy (non-hydrogen) atoms. The number of benzene rings is 2. The smallest absolute Gasteiger partial charge is 0.120 e. The van der Waals surface area contributed by atoms with Gasteiger partial charge in [-0.15, -0.1) is 0 Å². The van der Waals surface area contributed by atoms with Crippen molar-refractivity contribution in [1.82, 2.24) is 15.1 Å². The highest BCUT2D eigenvalue weighted by Crippen LogP contribution is 2.26. The van der Waals surface area contributed by atoms with E-state index in [0.717, 1.165) is 22.9 Å². The van der Waals surface area contributed by atoms with Gasteiger partial charge in [0.2, 0.25) is 0 Å².